The van der Waals surface area contributed by atoms with Gasteiger partial charge in [0.05, 0.1) is 29.8 Å². The van der Waals surface area contributed by atoms with Crippen molar-refractivity contribution in [2.24, 2.45) is 0 Å². The minimum Gasteiger partial charge on any atom is -0.490 e. The Bertz CT molecular complexity index is 1690. The number of aliphatic carboxylic acids is 1. The molecule has 0 aliphatic carbocycles. The number of carboxylic acids is 1. The number of nitrogens with one attached hydrogen (secondary N) is 1. The Morgan fingerprint density at radius 1 is 1.07 bits per heavy atom. The van der Waals surface area contributed by atoms with Crippen LogP contribution in [0.4, 0.5) is 15.8 Å². The molecule has 0 spiro atoms. The predicted molar refractivity (Wildman–Crippen MR) is 158 cm³/mol. The summed E-state index contributed by atoms with van der Waals surface area (Å²) in [6, 6.07) is 8.34. The minimum atomic E-state index is -3.83. The maximum absolute atomic E-state index is 15.6. The second-order valence-electron chi connectivity index (χ2n) is 11.6. The lowest BCUT2D eigenvalue weighted by atomic mass is 9.79. The Kier molecular flexibility index (Phi) is 7.06. The number of benzene rings is 3. The molecule has 41 heavy (non-hydrogen) atoms. The highest BCUT2D eigenvalue weighted by Crippen LogP contribution is 2.53. The lowest BCUT2D eigenvalue weighted by Gasteiger charge is -2.37. The van der Waals surface area contributed by atoms with Gasteiger partial charge < -0.3 is 19.9 Å². The molecule has 10 heteroatoms. The van der Waals surface area contributed by atoms with Gasteiger partial charge in [-0.05, 0) is 87.1 Å². The second-order valence-corrected chi connectivity index (χ2v) is 13.5. The Hall–Kier alpha value is -3.63. The highest BCUT2D eigenvalue weighted by atomic mass is 32.2. The number of hydrogen-bond donors (Lipinski definition) is 2. The van der Waals surface area contributed by atoms with Crippen LogP contribution in [0.5, 0.6) is 5.75 Å². The molecular weight excluding hydrogens is 547 g/mol. The monoisotopic (exact) mass is 582 g/mol. The van der Waals surface area contributed by atoms with Gasteiger partial charge in [0.2, 0.25) is 10.0 Å². The highest BCUT2D eigenvalue weighted by molar-refractivity contribution is 7.92. The number of rotatable bonds is 5. The van der Waals surface area contributed by atoms with Gasteiger partial charge in [-0.3, -0.25) is 4.31 Å². The Balaban J connectivity index is 1.98. The topological polar surface area (TPSA) is 105 Å². The van der Waals surface area contributed by atoms with Gasteiger partial charge in [-0.1, -0.05) is 18.2 Å². The van der Waals surface area contributed by atoms with E-state index in [1.807, 2.05) is 19.1 Å². The van der Waals surface area contributed by atoms with E-state index in [1.54, 1.807) is 46.8 Å². The Morgan fingerprint density at radius 3 is 2.41 bits per heavy atom. The normalized spacial score (nSPS) is 15.3. The van der Waals surface area contributed by atoms with Gasteiger partial charge in [0.15, 0.2) is 6.10 Å². The first-order valence-electron chi connectivity index (χ1n) is 13.5. The fourth-order valence-electron chi connectivity index (χ4n) is 6.02. The Labute approximate surface area is 240 Å². The van der Waals surface area contributed by atoms with Crippen LogP contribution >= 0.6 is 0 Å². The number of ether oxygens (including phenoxy) is 2. The molecule has 2 N–H and O–H groups in total. The molecule has 0 radical (unpaired) electrons. The molecule has 0 amide bonds. The van der Waals surface area contributed by atoms with E-state index < -0.39 is 33.5 Å². The maximum atomic E-state index is 15.6. The molecule has 0 bridgehead atoms. The van der Waals surface area contributed by atoms with Crippen LogP contribution in [-0.4, -0.2) is 44.5 Å². The van der Waals surface area contributed by atoms with Crippen molar-refractivity contribution in [3.8, 4) is 28.0 Å². The van der Waals surface area contributed by atoms with Gasteiger partial charge in [0, 0.05) is 23.2 Å². The molecule has 3 aromatic rings. The van der Waals surface area contributed by atoms with Crippen LogP contribution in [0.1, 0.15) is 54.7 Å². The molecule has 2 aliphatic rings. The molecule has 8 nitrogen and oxygen atoms in total. The summed E-state index contributed by atoms with van der Waals surface area (Å²) < 4.78 is 55.2. The van der Waals surface area contributed by atoms with E-state index in [2.05, 4.69) is 5.32 Å². The molecule has 3 aromatic carbocycles. The van der Waals surface area contributed by atoms with E-state index in [4.69, 9.17) is 9.47 Å². The smallest absolute Gasteiger partial charge is 0.337 e. The first kappa shape index (κ1) is 28.9. The molecule has 218 valence electrons. The summed E-state index contributed by atoms with van der Waals surface area (Å²) in [5.74, 6) is -1.00. The lowest BCUT2D eigenvalue weighted by molar-refractivity contribution is -0.160. The number of carbonyl (C=O) groups is 1. The number of carboxylic acid groups (broad SMARTS) is 1. The third kappa shape index (κ3) is 4.93. The van der Waals surface area contributed by atoms with E-state index >= 15 is 4.39 Å². The van der Waals surface area contributed by atoms with Crippen molar-refractivity contribution in [2.75, 3.05) is 29.0 Å². The summed E-state index contributed by atoms with van der Waals surface area (Å²) in [6.45, 7) is 11.8. The van der Waals surface area contributed by atoms with E-state index in [9.17, 15) is 18.3 Å². The quantitative estimate of drug-likeness (QED) is 0.374. The van der Waals surface area contributed by atoms with Crippen molar-refractivity contribution in [2.45, 2.75) is 59.8 Å². The molecule has 2 aliphatic heterocycles. The SMILES string of the molecule is Cc1c(-c2c(C)c3c(c(C)c2[C@H](OC(C)(C)C)C(=O)O)N(S(C)(=O)=O)Cc2cccc(F)c2-3)ccc2c1NCCO2. The number of anilines is 2. The van der Waals surface area contributed by atoms with E-state index in [1.165, 1.54) is 10.4 Å². The van der Waals surface area contributed by atoms with Crippen molar-refractivity contribution < 1.29 is 32.2 Å². The van der Waals surface area contributed by atoms with E-state index in [0.717, 1.165) is 23.1 Å². The van der Waals surface area contributed by atoms with Crippen molar-refractivity contribution in [1.82, 2.24) is 0 Å². The van der Waals surface area contributed by atoms with Crippen LogP contribution in [0.3, 0.4) is 0 Å². The van der Waals surface area contributed by atoms with Crippen LogP contribution in [0, 0.1) is 26.6 Å². The summed E-state index contributed by atoms with van der Waals surface area (Å²) in [6.07, 6.45) is -0.333. The van der Waals surface area contributed by atoms with Gasteiger partial charge in [0.25, 0.3) is 0 Å². The maximum Gasteiger partial charge on any atom is 0.337 e. The molecule has 0 saturated carbocycles. The number of fused-ring (bicyclic) bond motifs is 4. The zero-order valence-electron chi connectivity index (χ0n) is 24.3. The number of sulfonamides is 1. The zero-order valence-corrected chi connectivity index (χ0v) is 25.1. The second kappa shape index (κ2) is 10.0. The van der Waals surface area contributed by atoms with Gasteiger partial charge in [-0.25, -0.2) is 17.6 Å². The number of hydrogen-bond acceptors (Lipinski definition) is 6. The van der Waals surface area contributed by atoms with Gasteiger partial charge in [-0.2, -0.15) is 0 Å². The summed E-state index contributed by atoms with van der Waals surface area (Å²) in [4.78, 5) is 12.9. The first-order chi connectivity index (χ1) is 19.1. The molecule has 0 fully saturated rings. The predicted octanol–water partition coefficient (Wildman–Crippen LogP) is 6.11. The van der Waals surface area contributed by atoms with Crippen molar-refractivity contribution >= 4 is 27.4 Å². The average Bonchev–Trinajstić information content (AvgIpc) is 2.88. The van der Waals surface area contributed by atoms with Crippen molar-refractivity contribution in [3.05, 3.63) is 64.0 Å². The minimum absolute atomic E-state index is 0.0744. The average molecular weight is 583 g/mol. The fourth-order valence-corrected chi connectivity index (χ4v) is 6.95. The summed E-state index contributed by atoms with van der Waals surface area (Å²) in [5.41, 5.74) is 4.89. The molecule has 0 aromatic heterocycles. The summed E-state index contributed by atoms with van der Waals surface area (Å²) >= 11 is 0. The molecular formula is C31H35FN2O6S. The summed E-state index contributed by atoms with van der Waals surface area (Å²) in [7, 11) is -3.83. The molecule has 0 unspecified atom stereocenters. The third-order valence-electron chi connectivity index (χ3n) is 7.64. The van der Waals surface area contributed by atoms with Gasteiger partial charge in [-0.15, -0.1) is 0 Å². The van der Waals surface area contributed by atoms with Crippen molar-refractivity contribution in [3.63, 3.8) is 0 Å². The fraction of sp³-hybridized carbons (Fsp3) is 0.387. The lowest BCUT2D eigenvalue weighted by Crippen LogP contribution is -2.35. The van der Waals surface area contributed by atoms with Crippen LogP contribution < -0.4 is 14.4 Å². The van der Waals surface area contributed by atoms with E-state index in [-0.39, 0.29) is 12.2 Å². The first-order valence-corrected chi connectivity index (χ1v) is 15.3. The van der Waals surface area contributed by atoms with Gasteiger partial charge in [0.1, 0.15) is 18.2 Å². The van der Waals surface area contributed by atoms with E-state index in [0.29, 0.717) is 57.8 Å². The van der Waals surface area contributed by atoms with Crippen LogP contribution in [-0.2, 0) is 26.1 Å². The van der Waals surface area contributed by atoms with Crippen molar-refractivity contribution in [1.29, 1.82) is 0 Å². The molecule has 2 heterocycles. The molecule has 1 atom stereocenters. The highest BCUT2D eigenvalue weighted by Gasteiger charge is 2.39. The Morgan fingerprint density at radius 2 is 1.78 bits per heavy atom. The van der Waals surface area contributed by atoms with Crippen LogP contribution in [0.25, 0.3) is 22.3 Å². The van der Waals surface area contributed by atoms with Crippen LogP contribution in [0.2, 0.25) is 0 Å². The number of nitrogens with zero attached hydrogens (tertiary/aromatic N) is 1. The largest absolute Gasteiger partial charge is 0.490 e. The molecule has 0 saturated heterocycles. The summed E-state index contributed by atoms with van der Waals surface area (Å²) in [5, 5.41) is 13.9. The van der Waals surface area contributed by atoms with Crippen LogP contribution in [0.15, 0.2) is 30.3 Å². The molecule has 5 rings (SSSR count). The number of halogens is 1. The third-order valence-corrected chi connectivity index (χ3v) is 8.76. The standard InChI is InChI=1S/C31H35FN2O6S/c1-16-20(11-12-22-27(16)33-13-14-39-22)23-17(2)24-26-19(9-8-10-21(26)32)15-34(41(7,37)38)28(24)18(3)25(23)29(30(35)36)40-31(4,5)6/h8-12,29,33H,13-15H2,1-7H3,(H,35,36)/t29-/m0/s1. The van der Waals surface area contributed by atoms with Gasteiger partial charge >= 0.3 is 5.97 Å². The zero-order chi connectivity index (χ0) is 30.0.